The van der Waals surface area contributed by atoms with Gasteiger partial charge in [0, 0.05) is 18.3 Å². The van der Waals surface area contributed by atoms with Crippen LogP contribution in [-0.2, 0) is 16.1 Å². The van der Waals surface area contributed by atoms with Gasteiger partial charge in [-0.25, -0.2) is 0 Å². The van der Waals surface area contributed by atoms with E-state index in [4.69, 9.17) is 0 Å². The van der Waals surface area contributed by atoms with Gasteiger partial charge in [-0.3, -0.25) is 4.79 Å². The highest BCUT2D eigenvalue weighted by molar-refractivity contribution is 5.76. The van der Waals surface area contributed by atoms with E-state index < -0.39 is 18.1 Å². The number of aromatic hydroxyl groups is 1. The van der Waals surface area contributed by atoms with Crippen LogP contribution in [-0.4, -0.2) is 31.1 Å². The van der Waals surface area contributed by atoms with E-state index in [0.29, 0.717) is 11.3 Å². The van der Waals surface area contributed by atoms with Crippen LogP contribution in [0.5, 0.6) is 11.5 Å². The Balaban J connectivity index is 2.28. The lowest BCUT2D eigenvalue weighted by Gasteiger charge is -2.24. The molecule has 2 aromatic rings. The van der Waals surface area contributed by atoms with Gasteiger partial charge in [0.25, 0.3) is 0 Å². The van der Waals surface area contributed by atoms with Gasteiger partial charge in [-0.15, -0.1) is 13.2 Å². The number of carbonyl (C=O) groups excluding carboxylic acids is 1. The van der Waals surface area contributed by atoms with Crippen LogP contribution in [0.15, 0.2) is 48.5 Å². The molecule has 0 amide bonds. The molecular formula is C17H16F3NO4. The lowest BCUT2D eigenvalue weighted by molar-refractivity contribution is -0.274. The minimum absolute atomic E-state index is 0.0460. The molecule has 0 aliphatic heterocycles. The van der Waals surface area contributed by atoms with Crippen molar-refractivity contribution in [3.05, 3.63) is 54.1 Å². The zero-order chi connectivity index (χ0) is 18.4. The predicted molar refractivity (Wildman–Crippen MR) is 84.3 cm³/mol. The fourth-order valence-electron chi connectivity index (χ4n) is 2.21. The van der Waals surface area contributed by atoms with Crippen molar-refractivity contribution in [2.24, 2.45) is 0 Å². The molecule has 0 aliphatic carbocycles. The number of nitrogens with zero attached hydrogens (tertiary/aromatic N) is 1. The third kappa shape index (κ3) is 5.91. The number of halogens is 3. The summed E-state index contributed by atoms with van der Waals surface area (Å²) in [6, 6.07) is 11.6. The first-order valence-corrected chi connectivity index (χ1v) is 7.22. The van der Waals surface area contributed by atoms with Crippen LogP contribution in [0.4, 0.5) is 18.9 Å². The summed E-state index contributed by atoms with van der Waals surface area (Å²) in [6.07, 6.45) is -4.81. The van der Waals surface area contributed by atoms with E-state index in [1.807, 2.05) is 0 Å². The smallest absolute Gasteiger partial charge is 0.508 e. The molecule has 0 aromatic heterocycles. The van der Waals surface area contributed by atoms with Gasteiger partial charge in [-0.05, 0) is 29.8 Å². The minimum Gasteiger partial charge on any atom is -0.508 e. The van der Waals surface area contributed by atoms with Gasteiger partial charge in [-0.2, -0.15) is 0 Å². The maximum absolute atomic E-state index is 12.4. The highest BCUT2D eigenvalue weighted by atomic mass is 19.4. The van der Waals surface area contributed by atoms with Crippen LogP contribution < -0.4 is 9.64 Å². The van der Waals surface area contributed by atoms with Gasteiger partial charge in [0.15, 0.2) is 0 Å². The third-order valence-electron chi connectivity index (χ3n) is 3.25. The summed E-state index contributed by atoms with van der Waals surface area (Å²) in [5.74, 6) is -0.900. The summed E-state index contributed by atoms with van der Waals surface area (Å²) >= 11 is 0. The van der Waals surface area contributed by atoms with Crippen LogP contribution in [0, 0.1) is 0 Å². The molecule has 1 N–H and O–H groups in total. The van der Waals surface area contributed by atoms with E-state index in [1.54, 1.807) is 18.2 Å². The van der Waals surface area contributed by atoms with Crippen molar-refractivity contribution in [2.75, 3.05) is 18.6 Å². The van der Waals surface area contributed by atoms with Crippen LogP contribution in [0.1, 0.15) is 5.56 Å². The number of anilines is 1. The Kier molecular flexibility index (Phi) is 5.74. The number of carbonyl (C=O) groups is 1. The first kappa shape index (κ1) is 18.4. The Hall–Kier alpha value is -2.90. The second-order valence-corrected chi connectivity index (χ2v) is 5.15. The van der Waals surface area contributed by atoms with E-state index in [9.17, 15) is 23.1 Å². The lowest BCUT2D eigenvalue weighted by atomic mass is 10.2. The van der Waals surface area contributed by atoms with E-state index in [-0.39, 0.29) is 18.8 Å². The standard InChI is InChI=1S/C17H16F3NO4/c1-24-16(23)11-21(10-12-4-2-6-14(22)8-12)13-5-3-7-15(9-13)25-17(18,19)20/h2-9,22H,10-11H2,1H3. The first-order chi connectivity index (χ1) is 11.8. The molecular weight excluding hydrogens is 339 g/mol. The number of hydrogen-bond donors (Lipinski definition) is 1. The van der Waals surface area contributed by atoms with Gasteiger partial charge in [0.2, 0.25) is 0 Å². The minimum atomic E-state index is -4.81. The van der Waals surface area contributed by atoms with Crippen LogP contribution in [0.25, 0.3) is 0 Å². The van der Waals surface area contributed by atoms with Crippen molar-refractivity contribution in [1.29, 1.82) is 0 Å². The van der Waals surface area contributed by atoms with E-state index in [0.717, 1.165) is 0 Å². The average Bonchev–Trinajstić information content (AvgIpc) is 2.53. The third-order valence-corrected chi connectivity index (χ3v) is 3.25. The molecule has 25 heavy (non-hydrogen) atoms. The highest BCUT2D eigenvalue weighted by Crippen LogP contribution is 2.28. The normalized spacial score (nSPS) is 11.0. The van der Waals surface area contributed by atoms with Crippen molar-refractivity contribution >= 4 is 11.7 Å². The molecule has 0 saturated heterocycles. The summed E-state index contributed by atoms with van der Waals surface area (Å²) < 4.78 is 45.7. The number of ether oxygens (including phenoxy) is 2. The van der Waals surface area contributed by atoms with E-state index >= 15 is 0 Å². The Labute approximate surface area is 142 Å². The Morgan fingerprint density at radius 3 is 2.52 bits per heavy atom. The maximum atomic E-state index is 12.4. The number of alkyl halides is 3. The molecule has 2 aromatic carbocycles. The second kappa shape index (κ2) is 7.78. The van der Waals surface area contributed by atoms with Gasteiger partial charge in [0.1, 0.15) is 18.0 Å². The molecule has 0 spiro atoms. The zero-order valence-electron chi connectivity index (χ0n) is 13.3. The molecule has 5 nitrogen and oxygen atoms in total. The van der Waals surface area contributed by atoms with E-state index in [2.05, 4.69) is 9.47 Å². The second-order valence-electron chi connectivity index (χ2n) is 5.15. The molecule has 0 atom stereocenters. The molecule has 0 heterocycles. The molecule has 0 bridgehead atoms. The molecule has 0 unspecified atom stereocenters. The van der Waals surface area contributed by atoms with Crippen molar-refractivity contribution in [1.82, 2.24) is 0 Å². The summed E-state index contributed by atoms with van der Waals surface area (Å²) in [5, 5.41) is 9.54. The fourth-order valence-corrected chi connectivity index (χ4v) is 2.21. The van der Waals surface area contributed by atoms with Crippen LogP contribution in [0.3, 0.4) is 0 Å². The Bertz CT molecular complexity index is 734. The number of phenols is 1. The number of hydrogen-bond acceptors (Lipinski definition) is 5. The Morgan fingerprint density at radius 2 is 1.88 bits per heavy atom. The summed E-state index contributed by atoms with van der Waals surface area (Å²) in [6.45, 7) is 0.000594. The molecule has 134 valence electrons. The van der Waals surface area contributed by atoms with Crippen molar-refractivity contribution in [2.45, 2.75) is 12.9 Å². The lowest BCUT2D eigenvalue weighted by Crippen LogP contribution is -2.30. The highest BCUT2D eigenvalue weighted by Gasteiger charge is 2.31. The molecule has 8 heteroatoms. The van der Waals surface area contributed by atoms with Crippen molar-refractivity contribution < 1.29 is 32.5 Å². The fraction of sp³-hybridized carbons (Fsp3) is 0.235. The molecule has 0 aliphatic rings. The quantitative estimate of drug-likeness (QED) is 0.804. The molecule has 0 saturated carbocycles. The van der Waals surface area contributed by atoms with Gasteiger partial charge in [0.05, 0.1) is 7.11 Å². The summed E-state index contributed by atoms with van der Waals surface area (Å²) in [7, 11) is 1.22. The van der Waals surface area contributed by atoms with Crippen LogP contribution in [0.2, 0.25) is 0 Å². The summed E-state index contributed by atoms with van der Waals surface area (Å²) in [4.78, 5) is 13.2. The molecule has 0 fully saturated rings. The van der Waals surface area contributed by atoms with E-state index in [1.165, 1.54) is 42.3 Å². The molecule has 0 radical (unpaired) electrons. The molecule has 2 rings (SSSR count). The number of benzene rings is 2. The monoisotopic (exact) mass is 355 g/mol. The largest absolute Gasteiger partial charge is 0.573 e. The summed E-state index contributed by atoms with van der Waals surface area (Å²) in [5.41, 5.74) is 1.02. The topological polar surface area (TPSA) is 59.0 Å². The SMILES string of the molecule is COC(=O)CN(Cc1cccc(O)c1)c1cccc(OC(F)(F)F)c1. The van der Waals surface area contributed by atoms with Crippen molar-refractivity contribution in [3.63, 3.8) is 0 Å². The van der Waals surface area contributed by atoms with Crippen LogP contribution >= 0.6 is 0 Å². The zero-order valence-corrected chi connectivity index (χ0v) is 13.3. The average molecular weight is 355 g/mol. The predicted octanol–water partition coefficient (Wildman–Crippen LogP) is 3.47. The number of phenolic OH excluding ortho intramolecular Hbond substituents is 1. The number of esters is 1. The first-order valence-electron chi connectivity index (χ1n) is 7.22. The number of methoxy groups -OCH3 is 1. The van der Waals surface area contributed by atoms with Gasteiger partial charge < -0.3 is 19.5 Å². The van der Waals surface area contributed by atoms with Gasteiger partial charge in [-0.1, -0.05) is 18.2 Å². The van der Waals surface area contributed by atoms with Gasteiger partial charge >= 0.3 is 12.3 Å². The van der Waals surface area contributed by atoms with Crippen molar-refractivity contribution in [3.8, 4) is 11.5 Å². The Morgan fingerprint density at radius 1 is 1.16 bits per heavy atom. The number of rotatable bonds is 6. The maximum Gasteiger partial charge on any atom is 0.573 e.